The van der Waals surface area contributed by atoms with E-state index in [1.54, 1.807) is 24.0 Å². The van der Waals surface area contributed by atoms with E-state index in [2.05, 4.69) is 43.0 Å². The molecule has 0 saturated carbocycles. The summed E-state index contributed by atoms with van der Waals surface area (Å²) in [5, 5.41) is 2.88. The Kier molecular flexibility index (Phi) is 7.93. The summed E-state index contributed by atoms with van der Waals surface area (Å²) < 4.78 is 33.5. The van der Waals surface area contributed by atoms with Crippen molar-refractivity contribution in [3.8, 4) is 0 Å². The number of halogens is 3. The van der Waals surface area contributed by atoms with Gasteiger partial charge in [-0.05, 0) is 38.0 Å². The molecule has 0 spiro atoms. The zero-order chi connectivity index (χ0) is 27.7. The quantitative estimate of drug-likeness (QED) is 0.431. The maximum atomic E-state index is 13.6. The summed E-state index contributed by atoms with van der Waals surface area (Å²) in [6.45, 7) is 5.78. The molecule has 4 fully saturated rings. The fourth-order valence-electron chi connectivity index (χ4n) is 5.42. The Bertz CT molecular complexity index is 1230. The lowest BCUT2D eigenvalue weighted by molar-refractivity contribution is -0.0222. The Morgan fingerprint density at radius 3 is 2.54 bits per heavy atom. The second-order valence-corrected chi connectivity index (χ2v) is 11.4. The standard InChI is InChI=1S/C27H33BrF2N6O3/c1-3-4-11-39-26(38)36-19-14-20(36)16-35(15-19)22-13-18(28)5-6-21(22)24(37)32-23-12-17(2)31-25(33-23)34-9-7-27(29,30)8-10-34/h5-6,12-13,19-20H,3-4,7-11,14-16H2,1-2H3,(H,31,32,33,37). The fourth-order valence-corrected chi connectivity index (χ4v) is 5.77. The molecule has 2 aromatic rings. The van der Waals surface area contributed by atoms with Gasteiger partial charge >= 0.3 is 6.09 Å². The minimum atomic E-state index is -2.67. The molecule has 4 saturated heterocycles. The second-order valence-electron chi connectivity index (χ2n) is 10.5. The third kappa shape index (κ3) is 6.10. The Hall–Kier alpha value is -3.02. The molecule has 0 aliphatic carbocycles. The number of carbonyl (C=O) groups excluding carboxylic acids is 2. The van der Waals surface area contributed by atoms with Gasteiger partial charge in [-0.2, -0.15) is 4.98 Å². The second kappa shape index (κ2) is 11.2. The van der Waals surface area contributed by atoms with Crippen molar-refractivity contribution in [3.05, 3.63) is 40.0 Å². The van der Waals surface area contributed by atoms with Gasteiger partial charge in [0.05, 0.1) is 29.9 Å². The molecule has 2 amide bonds. The number of benzene rings is 1. The lowest BCUT2D eigenvalue weighted by Gasteiger charge is -2.56. The van der Waals surface area contributed by atoms with Gasteiger partial charge in [-0.15, -0.1) is 0 Å². The zero-order valence-electron chi connectivity index (χ0n) is 22.1. The monoisotopic (exact) mass is 606 g/mol. The molecule has 12 heteroatoms. The number of aromatic nitrogens is 2. The van der Waals surface area contributed by atoms with Crippen LogP contribution in [0.3, 0.4) is 0 Å². The van der Waals surface area contributed by atoms with Crippen LogP contribution in [-0.2, 0) is 4.74 Å². The molecule has 2 unspecified atom stereocenters. The van der Waals surface area contributed by atoms with Gasteiger partial charge in [-0.3, -0.25) is 9.69 Å². The SMILES string of the molecule is CCCCOC(=O)N1C2CC1CN(c1cc(Br)ccc1C(=O)Nc1cc(C)nc(N3CCC(F)(F)CC3)n1)C2. The number of rotatable bonds is 7. The number of anilines is 3. The van der Waals surface area contributed by atoms with Gasteiger partial charge in [0.1, 0.15) is 5.82 Å². The molecule has 1 N–H and O–H groups in total. The van der Waals surface area contributed by atoms with E-state index in [0.29, 0.717) is 42.7 Å². The first-order valence-corrected chi connectivity index (χ1v) is 14.2. The van der Waals surface area contributed by atoms with Crippen LogP contribution in [0.5, 0.6) is 0 Å². The predicted molar refractivity (Wildman–Crippen MR) is 148 cm³/mol. The van der Waals surface area contributed by atoms with Crippen LogP contribution in [0.4, 0.5) is 31.0 Å². The van der Waals surface area contributed by atoms with Crippen molar-refractivity contribution in [1.82, 2.24) is 14.9 Å². The van der Waals surface area contributed by atoms with Crippen molar-refractivity contribution in [3.63, 3.8) is 0 Å². The van der Waals surface area contributed by atoms with Crippen molar-refractivity contribution in [2.75, 3.05) is 47.9 Å². The maximum Gasteiger partial charge on any atom is 0.410 e. The highest BCUT2D eigenvalue weighted by molar-refractivity contribution is 9.10. The molecule has 6 rings (SSSR count). The van der Waals surface area contributed by atoms with Crippen molar-refractivity contribution in [2.45, 2.75) is 64.0 Å². The minimum absolute atomic E-state index is 0.0387. The number of nitrogens with zero attached hydrogens (tertiary/aromatic N) is 5. The minimum Gasteiger partial charge on any atom is -0.449 e. The van der Waals surface area contributed by atoms with Crippen molar-refractivity contribution >= 4 is 45.4 Å². The van der Waals surface area contributed by atoms with E-state index in [9.17, 15) is 18.4 Å². The first-order valence-electron chi connectivity index (χ1n) is 13.4. The van der Waals surface area contributed by atoms with Gasteiger partial charge < -0.3 is 19.9 Å². The average Bonchev–Trinajstić information content (AvgIpc) is 2.88. The highest BCUT2D eigenvalue weighted by atomic mass is 79.9. The molecule has 9 nitrogen and oxygen atoms in total. The molecule has 4 aliphatic heterocycles. The fraction of sp³-hybridized carbons (Fsp3) is 0.556. The van der Waals surface area contributed by atoms with Crippen molar-refractivity contribution < 1.29 is 23.1 Å². The van der Waals surface area contributed by atoms with E-state index in [4.69, 9.17) is 4.74 Å². The van der Waals surface area contributed by atoms with Crippen LogP contribution < -0.4 is 15.1 Å². The third-order valence-corrected chi connectivity index (χ3v) is 8.03. The van der Waals surface area contributed by atoms with Crippen LogP contribution in [-0.4, -0.2) is 77.7 Å². The smallest absolute Gasteiger partial charge is 0.410 e. The molecule has 5 heterocycles. The molecule has 39 heavy (non-hydrogen) atoms. The number of piperidine rings is 2. The van der Waals surface area contributed by atoms with Crippen molar-refractivity contribution in [2.24, 2.45) is 0 Å². The number of hydrogen-bond donors (Lipinski definition) is 1. The van der Waals surface area contributed by atoms with Crippen LogP contribution in [0.15, 0.2) is 28.7 Å². The summed E-state index contributed by atoms with van der Waals surface area (Å²) in [6.07, 6.45) is 1.97. The Morgan fingerprint density at radius 1 is 1.13 bits per heavy atom. The molecule has 1 aromatic heterocycles. The Labute approximate surface area is 235 Å². The molecular formula is C27H33BrF2N6O3. The van der Waals surface area contributed by atoms with Crippen LogP contribution >= 0.6 is 15.9 Å². The summed E-state index contributed by atoms with van der Waals surface area (Å²) >= 11 is 3.52. The number of hydrogen-bond acceptors (Lipinski definition) is 7. The van der Waals surface area contributed by atoms with Crippen LogP contribution in [0, 0.1) is 6.92 Å². The molecule has 0 radical (unpaired) electrons. The number of aryl methyl sites for hydroxylation is 1. The topological polar surface area (TPSA) is 90.9 Å². The average molecular weight is 608 g/mol. The predicted octanol–water partition coefficient (Wildman–Crippen LogP) is 5.23. The summed E-state index contributed by atoms with van der Waals surface area (Å²) in [6, 6.07) is 7.22. The van der Waals surface area contributed by atoms with E-state index >= 15 is 0 Å². The maximum absolute atomic E-state index is 13.6. The van der Waals surface area contributed by atoms with E-state index in [1.165, 1.54) is 0 Å². The van der Waals surface area contributed by atoms with Crippen LogP contribution in [0.2, 0.25) is 0 Å². The molecule has 4 aliphatic rings. The number of amides is 2. The zero-order valence-corrected chi connectivity index (χ0v) is 23.7. The van der Waals surface area contributed by atoms with E-state index in [1.807, 2.05) is 17.0 Å². The van der Waals surface area contributed by atoms with Crippen LogP contribution in [0.25, 0.3) is 0 Å². The van der Waals surface area contributed by atoms with E-state index in [0.717, 1.165) is 29.4 Å². The first-order chi connectivity index (χ1) is 18.6. The number of alkyl halides is 2. The van der Waals surface area contributed by atoms with Gasteiger partial charge in [0, 0.05) is 55.3 Å². The lowest BCUT2D eigenvalue weighted by Crippen LogP contribution is -2.70. The molecular weight excluding hydrogens is 574 g/mol. The van der Waals surface area contributed by atoms with Gasteiger partial charge in [0.25, 0.3) is 11.8 Å². The number of nitrogens with one attached hydrogen (secondary N) is 1. The molecule has 210 valence electrons. The van der Waals surface area contributed by atoms with Gasteiger partial charge in [-0.25, -0.2) is 18.6 Å². The molecule has 1 aromatic carbocycles. The molecule has 2 atom stereocenters. The molecule has 2 bridgehead atoms. The van der Waals surface area contributed by atoms with E-state index in [-0.39, 0.29) is 50.0 Å². The number of unbranched alkanes of at least 4 members (excludes halogenated alkanes) is 1. The van der Waals surface area contributed by atoms with Gasteiger partial charge in [0.2, 0.25) is 5.95 Å². The Morgan fingerprint density at radius 2 is 1.85 bits per heavy atom. The number of carbonyl (C=O) groups is 2. The van der Waals surface area contributed by atoms with E-state index < -0.39 is 5.92 Å². The Balaban J connectivity index is 1.29. The first kappa shape index (κ1) is 27.5. The lowest BCUT2D eigenvalue weighted by atomic mass is 9.87. The number of piperazine rings is 1. The summed E-state index contributed by atoms with van der Waals surface area (Å²) in [5.41, 5.74) is 1.87. The van der Waals surface area contributed by atoms with Crippen LogP contribution in [0.1, 0.15) is 55.1 Å². The highest BCUT2D eigenvalue weighted by Crippen LogP contribution is 2.37. The van der Waals surface area contributed by atoms with Crippen molar-refractivity contribution in [1.29, 1.82) is 0 Å². The number of ether oxygens (including phenoxy) is 1. The van der Waals surface area contributed by atoms with Gasteiger partial charge in [-0.1, -0.05) is 29.3 Å². The third-order valence-electron chi connectivity index (χ3n) is 7.53. The van der Waals surface area contributed by atoms with Gasteiger partial charge in [0.15, 0.2) is 0 Å². The summed E-state index contributed by atoms with van der Waals surface area (Å²) in [4.78, 5) is 40.6. The largest absolute Gasteiger partial charge is 0.449 e. The summed E-state index contributed by atoms with van der Waals surface area (Å²) in [5.74, 6) is -2.35. The highest BCUT2D eigenvalue weighted by Gasteiger charge is 2.48. The normalized spacial score (nSPS) is 21.8. The summed E-state index contributed by atoms with van der Waals surface area (Å²) in [7, 11) is 0. The number of fused-ring (bicyclic) bond motifs is 2.